The molecule has 0 spiro atoms. The summed E-state index contributed by atoms with van der Waals surface area (Å²) in [5.74, 6) is 0.980. The van der Waals surface area contributed by atoms with Crippen LogP contribution in [0.4, 0.5) is 0 Å². The molecule has 0 N–H and O–H groups in total. The van der Waals surface area contributed by atoms with Crippen LogP contribution < -0.4 is 9.47 Å². The Hall–Kier alpha value is -1.63. The normalized spacial score (nSPS) is 14.0. The van der Waals surface area contributed by atoms with E-state index in [-0.39, 0.29) is 0 Å². The van der Waals surface area contributed by atoms with Crippen LogP contribution in [0.5, 0.6) is 11.5 Å². The lowest BCUT2D eigenvalue weighted by atomic mass is 10.2. The topological polar surface area (TPSA) is 62.7 Å². The number of methoxy groups -OCH3 is 2. The van der Waals surface area contributed by atoms with Crippen molar-refractivity contribution in [2.45, 2.75) is 26.4 Å². The summed E-state index contributed by atoms with van der Waals surface area (Å²) in [6, 6.07) is 3.46. The monoisotopic (exact) mass is 312 g/mol. The van der Waals surface area contributed by atoms with Crippen molar-refractivity contribution < 1.29 is 18.9 Å². The number of nitrogens with zero attached hydrogens (tertiary/aromatic N) is 2. The first-order chi connectivity index (χ1) is 10.0. The second kappa shape index (κ2) is 6.89. The van der Waals surface area contributed by atoms with E-state index >= 15 is 0 Å². The fourth-order valence-corrected chi connectivity index (χ4v) is 1.87. The average Bonchev–Trinajstić information content (AvgIpc) is 2.48. The second-order valence-electron chi connectivity index (χ2n) is 4.32. The van der Waals surface area contributed by atoms with E-state index in [1.807, 2.05) is 0 Å². The summed E-state index contributed by atoms with van der Waals surface area (Å²) < 4.78 is 21.6. The molecule has 1 aromatic carbocycles. The lowest BCUT2D eigenvalue weighted by Crippen LogP contribution is -2.17. The number of aromatic nitrogens is 2. The van der Waals surface area contributed by atoms with Crippen molar-refractivity contribution in [3.05, 3.63) is 23.6 Å². The van der Waals surface area contributed by atoms with Gasteiger partial charge >= 0.3 is 0 Å². The van der Waals surface area contributed by atoms with E-state index < -0.39 is 12.6 Å². The highest BCUT2D eigenvalue weighted by molar-refractivity contribution is 6.34. The molecule has 7 heteroatoms. The Morgan fingerprint density at radius 2 is 1.52 bits per heavy atom. The van der Waals surface area contributed by atoms with Gasteiger partial charge < -0.3 is 18.9 Å². The maximum Gasteiger partial charge on any atom is 0.196 e. The summed E-state index contributed by atoms with van der Waals surface area (Å²) >= 11 is 6.08. The van der Waals surface area contributed by atoms with Crippen molar-refractivity contribution >= 4 is 22.5 Å². The Balaban J connectivity index is 2.48. The summed E-state index contributed by atoms with van der Waals surface area (Å²) in [4.78, 5) is 8.13. The summed E-state index contributed by atoms with van der Waals surface area (Å²) in [5, 5.41) is 1.02. The van der Waals surface area contributed by atoms with E-state index in [4.69, 9.17) is 30.5 Å². The van der Waals surface area contributed by atoms with Crippen LogP contribution in [0.25, 0.3) is 10.9 Å². The summed E-state index contributed by atoms with van der Waals surface area (Å²) in [6.07, 6.45) is 0.526. The molecule has 0 radical (unpaired) electrons. The van der Waals surface area contributed by atoms with Gasteiger partial charge in [-0.1, -0.05) is 11.6 Å². The molecule has 0 amide bonds. The Kier molecular flexibility index (Phi) is 5.17. The molecule has 0 aliphatic carbocycles. The minimum absolute atomic E-state index is 0.348. The van der Waals surface area contributed by atoms with Crippen molar-refractivity contribution in [3.63, 3.8) is 0 Å². The van der Waals surface area contributed by atoms with Gasteiger partial charge in [-0.3, -0.25) is 0 Å². The zero-order chi connectivity index (χ0) is 15.4. The van der Waals surface area contributed by atoms with Gasteiger partial charge in [0, 0.05) is 25.7 Å². The Morgan fingerprint density at radius 3 is 2.10 bits per heavy atom. The molecular formula is C14H17ClN2O4. The number of ether oxygens (including phenoxy) is 4. The van der Waals surface area contributed by atoms with Crippen LogP contribution in [0.2, 0.25) is 5.15 Å². The van der Waals surface area contributed by atoms with Gasteiger partial charge in [0.05, 0.1) is 5.52 Å². The number of halogens is 1. The molecule has 0 saturated heterocycles. The fraction of sp³-hybridized carbons (Fsp3) is 0.429. The molecule has 0 aliphatic heterocycles. The van der Waals surface area contributed by atoms with E-state index in [2.05, 4.69) is 9.97 Å². The predicted octanol–water partition coefficient (Wildman–Crippen LogP) is 3.03. The van der Waals surface area contributed by atoms with E-state index in [1.54, 1.807) is 40.2 Å². The highest BCUT2D eigenvalue weighted by Gasteiger charge is 2.15. The number of fused-ring (bicyclic) bond motifs is 1. The molecule has 0 fully saturated rings. The first-order valence-electron chi connectivity index (χ1n) is 6.38. The molecule has 2 rings (SSSR count). The van der Waals surface area contributed by atoms with Crippen molar-refractivity contribution in [2.75, 3.05) is 14.2 Å². The van der Waals surface area contributed by atoms with Crippen LogP contribution in [-0.2, 0) is 9.47 Å². The van der Waals surface area contributed by atoms with E-state index in [1.165, 1.54) is 6.33 Å². The molecule has 2 atom stereocenters. The Morgan fingerprint density at radius 1 is 0.952 bits per heavy atom. The summed E-state index contributed by atoms with van der Waals surface area (Å²) in [5.41, 5.74) is 0.658. The smallest absolute Gasteiger partial charge is 0.196 e. The highest BCUT2D eigenvalue weighted by Crippen LogP contribution is 2.35. The molecule has 0 aliphatic rings. The third-order valence-corrected chi connectivity index (χ3v) is 3.20. The molecule has 1 aromatic heterocycles. The fourth-order valence-electron chi connectivity index (χ4n) is 1.67. The number of benzene rings is 1. The van der Waals surface area contributed by atoms with Crippen LogP contribution in [0.3, 0.4) is 0 Å². The van der Waals surface area contributed by atoms with Crippen LogP contribution in [0.15, 0.2) is 18.5 Å². The van der Waals surface area contributed by atoms with Crippen molar-refractivity contribution in [1.29, 1.82) is 0 Å². The van der Waals surface area contributed by atoms with Crippen molar-refractivity contribution in [1.82, 2.24) is 9.97 Å². The zero-order valence-electron chi connectivity index (χ0n) is 12.3. The van der Waals surface area contributed by atoms with Crippen LogP contribution >= 0.6 is 11.6 Å². The molecular weight excluding hydrogens is 296 g/mol. The molecule has 6 nitrogen and oxygen atoms in total. The molecule has 21 heavy (non-hydrogen) atoms. The minimum Gasteiger partial charge on any atom is -0.461 e. The molecule has 1 heterocycles. The van der Waals surface area contributed by atoms with E-state index in [0.717, 1.165) is 0 Å². The van der Waals surface area contributed by atoms with Crippen molar-refractivity contribution in [2.24, 2.45) is 0 Å². The number of hydrogen-bond acceptors (Lipinski definition) is 6. The lowest BCUT2D eigenvalue weighted by molar-refractivity contribution is -0.0551. The van der Waals surface area contributed by atoms with Crippen molar-refractivity contribution in [3.8, 4) is 11.5 Å². The first-order valence-corrected chi connectivity index (χ1v) is 6.76. The van der Waals surface area contributed by atoms with Gasteiger partial charge in [0.25, 0.3) is 0 Å². The SMILES string of the molecule is COC(C)Oc1cc2ncnc(Cl)c2cc1OC(C)OC. The van der Waals surface area contributed by atoms with E-state index in [9.17, 15) is 0 Å². The van der Waals surface area contributed by atoms with Crippen LogP contribution in [0, 0.1) is 0 Å². The summed E-state index contributed by atoms with van der Waals surface area (Å²) in [7, 11) is 3.11. The standard InChI is InChI=1S/C14H17ClN2O4/c1-8(18-3)20-12-5-10-11(16-7-17-14(10)15)6-13(12)21-9(2)19-4/h5-9H,1-4H3. The van der Waals surface area contributed by atoms with Gasteiger partial charge in [0.15, 0.2) is 24.1 Å². The third kappa shape index (κ3) is 3.72. The summed E-state index contributed by atoms with van der Waals surface area (Å²) in [6.45, 7) is 3.55. The van der Waals surface area contributed by atoms with Crippen LogP contribution in [-0.4, -0.2) is 36.8 Å². The van der Waals surface area contributed by atoms with Gasteiger partial charge in [0.1, 0.15) is 11.5 Å². The van der Waals surface area contributed by atoms with Crippen LogP contribution in [0.1, 0.15) is 13.8 Å². The van der Waals surface area contributed by atoms with Gasteiger partial charge in [-0.25, -0.2) is 9.97 Å². The third-order valence-electron chi connectivity index (χ3n) is 2.90. The molecule has 0 bridgehead atoms. The minimum atomic E-state index is -0.439. The maximum absolute atomic E-state index is 6.08. The average molecular weight is 313 g/mol. The molecule has 114 valence electrons. The quantitative estimate of drug-likeness (QED) is 0.603. The predicted molar refractivity (Wildman–Crippen MR) is 78.7 cm³/mol. The van der Waals surface area contributed by atoms with Gasteiger partial charge in [-0.05, 0) is 19.9 Å². The largest absolute Gasteiger partial charge is 0.461 e. The highest BCUT2D eigenvalue weighted by atomic mass is 35.5. The lowest BCUT2D eigenvalue weighted by Gasteiger charge is -2.19. The number of rotatable bonds is 6. The molecule has 0 saturated carbocycles. The zero-order valence-corrected chi connectivity index (χ0v) is 13.0. The molecule has 2 unspecified atom stereocenters. The first kappa shape index (κ1) is 15.8. The second-order valence-corrected chi connectivity index (χ2v) is 4.68. The van der Waals surface area contributed by atoms with Gasteiger partial charge in [-0.15, -0.1) is 0 Å². The molecule has 2 aromatic rings. The van der Waals surface area contributed by atoms with Gasteiger partial charge in [-0.2, -0.15) is 0 Å². The number of hydrogen-bond donors (Lipinski definition) is 0. The Labute approximate surface area is 127 Å². The Bertz CT molecular complexity index is 623. The van der Waals surface area contributed by atoms with E-state index in [0.29, 0.717) is 27.6 Å². The maximum atomic E-state index is 6.08. The van der Waals surface area contributed by atoms with Gasteiger partial charge in [0.2, 0.25) is 0 Å².